The molecule has 25 heavy (non-hydrogen) atoms. The summed E-state index contributed by atoms with van der Waals surface area (Å²) in [6.45, 7) is 1.80. The predicted octanol–water partition coefficient (Wildman–Crippen LogP) is 2.70. The molecule has 0 fully saturated rings. The highest BCUT2D eigenvalue weighted by Gasteiger charge is 2.19. The van der Waals surface area contributed by atoms with E-state index in [0.717, 1.165) is 0 Å². The number of nitriles is 1. The van der Waals surface area contributed by atoms with Crippen LogP contribution in [-0.4, -0.2) is 25.9 Å². The molecule has 3 rings (SSSR count). The van der Waals surface area contributed by atoms with Crippen LogP contribution in [0, 0.1) is 11.3 Å². The molecule has 0 saturated heterocycles. The number of rotatable bonds is 5. The Morgan fingerprint density at radius 2 is 2.00 bits per heavy atom. The molecule has 1 heterocycles. The molecule has 128 valence electrons. The second-order valence-corrected chi connectivity index (χ2v) is 5.29. The van der Waals surface area contributed by atoms with Crippen molar-refractivity contribution in [3.63, 3.8) is 0 Å². The molecule has 7 nitrogen and oxygen atoms in total. The van der Waals surface area contributed by atoms with Gasteiger partial charge in [0.15, 0.2) is 29.1 Å². The van der Waals surface area contributed by atoms with E-state index >= 15 is 0 Å². The number of anilines is 1. The van der Waals surface area contributed by atoms with E-state index in [-0.39, 0.29) is 12.7 Å². The van der Waals surface area contributed by atoms with Crippen molar-refractivity contribution in [3.8, 4) is 29.1 Å². The molecule has 2 aromatic carbocycles. The zero-order valence-corrected chi connectivity index (χ0v) is 13.7. The van der Waals surface area contributed by atoms with Crippen molar-refractivity contribution in [2.45, 2.75) is 13.0 Å². The lowest BCUT2D eigenvalue weighted by Crippen LogP contribution is -2.30. The number of ether oxygens (including phenoxy) is 4. The number of benzene rings is 2. The molecule has 0 aliphatic carbocycles. The smallest absolute Gasteiger partial charge is 0.265 e. The molecule has 0 bridgehead atoms. The molecule has 1 atom stereocenters. The normalized spacial score (nSPS) is 12.8. The Labute approximate surface area is 144 Å². The fourth-order valence-electron chi connectivity index (χ4n) is 2.30. The Morgan fingerprint density at radius 3 is 2.76 bits per heavy atom. The van der Waals surface area contributed by atoms with Crippen molar-refractivity contribution in [3.05, 3.63) is 42.0 Å². The van der Waals surface area contributed by atoms with Gasteiger partial charge in [-0.25, -0.2) is 0 Å². The summed E-state index contributed by atoms with van der Waals surface area (Å²) in [6.07, 6.45) is -0.771. The van der Waals surface area contributed by atoms with Gasteiger partial charge in [-0.1, -0.05) is 0 Å². The van der Waals surface area contributed by atoms with Crippen LogP contribution in [0.15, 0.2) is 36.4 Å². The molecule has 0 aromatic heterocycles. The molecular formula is C18H16N2O5. The third-order valence-corrected chi connectivity index (χ3v) is 3.61. The Bertz CT molecular complexity index is 844. The summed E-state index contributed by atoms with van der Waals surface area (Å²) in [5.41, 5.74) is 1.03. The molecule has 0 saturated carbocycles. The van der Waals surface area contributed by atoms with Crippen molar-refractivity contribution in [2.24, 2.45) is 0 Å². The summed E-state index contributed by atoms with van der Waals surface area (Å²) in [6, 6.07) is 11.9. The second-order valence-electron chi connectivity index (χ2n) is 5.29. The number of amides is 1. The summed E-state index contributed by atoms with van der Waals surface area (Å²) in [7, 11) is 1.47. The highest BCUT2D eigenvalue weighted by molar-refractivity contribution is 5.94. The van der Waals surface area contributed by atoms with Gasteiger partial charge in [0.1, 0.15) is 0 Å². The summed E-state index contributed by atoms with van der Waals surface area (Å²) < 4.78 is 21.4. The number of nitrogens with zero attached hydrogens (tertiary/aromatic N) is 1. The van der Waals surface area contributed by atoms with E-state index in [2.05, 4.69) is 5.32 Å². The highest BCUT2D eigenvalue weighted by atomic mass is 16.7. The molecule has 1 N–H and O–H groups in total. The summed E-state index contributed by atoms with van der Waals surface area (Å²) in [5, 5.41) is 11.7. The van der Waals surface area contributed by atoms with Crippen LogP contribution >= 0.6 is 0 Å². The Morgan fingerprint density at radius 1 is 1.20 bits per heavy atom. The van der Waals surface area contributed by atoms with Gasteiger partial charge in [0.2, 0.25) is 6.79 Å². The number of methoxy groups -OCH3 is 1. The fraction of sp³-hybridized carbons (Fsp3) is 0.222. The third kappa shape index (κ3) is 3.58. The molecule has 2 aromatic rings. The average molecular weight is 340 g/mol. The maximum atomic E-state index is 12.3. The van der Waals surface area contributed by atoms with Crippen molar-refractivity contribution in [1.29, 1.82) is 5.26 Å². The lowest BCUT2D eigenvalue weighted by Gasteiger charge is -2.17. The Hall–Kier alpha value is -3.40. The van der Waals surface area contributed by atoms with E-state index in [1.54, 1.807) is 43.3 Å². The van der Waals surface area contributed by atoms with Crippen molar-refractivity contribution < 1.29 is 23.7 Å². The standard InChI is InChI=1S/C18H16N2O5/c1-11(25-15-5-3-12(9-19)7-16(15)22-2)18(21)20-13-4-6-14-17(8-13)24-10-23-14/h3-8,11H,10H2,1-2H3,(H,20,21)/t11-/m0/s1. The van der Waals surface area contributed by atoms with Crippen LogP contribution in [0.3, 0.4) is 0 Å². The summed E-state index contributed by atoms with van der Waals surface area (Å²) in [5.74, 6) is 1.67. The minimum absolute atomic E-state index is 0.171. The van der Waals surface area contributed by atoms with Gasteiger partial charge >= 0.3 is 0 Å². The first-order valence-electron chi connectivity index (χ1n) is 7.56. The molecule has 0 spiro atoms. The van der Waals surface area contributed by atoms with E-state index in [4.69, 9.17) is 24.2 Å². The van der Waals surface area contributed by atoms with Gasteiger partial charge in [-0.2, -0.15) is 5.26 Å². The number of hydrogen-bond donors (Lipinski definition) is 1. The first-order chi connectivity index (χ1) is 12.1. The number of carbonyl (C=O) groups is 1. The van der Waals surface area contributed by atoms with Crippen molar-refractivity contribution >= 4 is 11.6 Å². The van der Waals surface area contributed by atoms with Crippen LogP contribution in [0.1, 0.15) is 12.5 Å². The minimum atomic E-state index is -0.771. The van der Waals surface area contributed by atoms with Crippen LogP contribution in [0.25, 0.3) is 0 Å². The van der Waals surface area contributed by atoms with Gasteiger partial charge in [-0.05, 0) is 31.2 Å². The van der Waals surface area contributed by atoms with Gasteiger partial charge in [0.05, 0.1) is 18.7 Å². The van der Waals surface area contributed by atoms with Crippen LogP contribution in [0.5, 0.6) is 23.0 Å². The zero-order valence-electron chi connectivity index (χ0n) is 13.7. The van der Waals surface area contributed by atoms with Gasteiger partial charge in [0, 0.05) is 17.8 Å². The average Bonchev–Trinajstić information content (AvgIpc) is 3.09. The molecule has 0 unspecified atom stereocenters. The van der Waals surface area contributed by atoms with Crippen LogP contribution in [-0.2, 0) is 4.79 Å². The Kier molecular flexibility index (Phi) is 4.61. The molecule has 1 aliphatic heterocycles. The maximum absolute atomic E-state index is 12.3. The van der Waals surface area contributed by atoms with Crippen LogP contribution in [0.2, 0.25) is 0 Å². The predicted molar refractivity (Wildman–Crippen MR) is 89.0 cm³/mol. The topological polar surface area (TPSA) is 89.8 Å². The number of hydrogen-bond acceptors (Lipinski definition) is 6. The largest absolute Gasteiger partial charge is 0.493 e. The quantitative estimate of drug-likeness (QED) is 0.900. The van der Waals surface area contributed by atoms with E-state index in [0.29, 0.717) is 34.2 Å². The second kappa shape index (κ2) is 7.01. The monoisotopic (exact) mass is 340 g/mol. The molecule has 7 heteroatoms. The van der Waals surface area contributed by atoms with Crippen LogP contribution in [0.4, 0.5) is 5.69 Å². The van der Waals surface area contributed by atoms with E-state index in [9.17, 15) is 4.79 Å². The van der Waals surface area contributed by atoms with Gasteiger partial charge in [-0.3, -0.25) is 4.79 Å². The van der Waals surface area contributed by atoms with E-state index in [1.165, 1.54) is 7.11 Å². The van der Waals surface area contributed by atoms with Gasteiger partial charge < -0.3 is 24.3 Å². The van der Waals surface area contributed by atoms with E-state index < -0.39 is 6.10 Å². The molecular weight excluding hydrogens is 324 g/mol. The lowest BCUT2D eigenvalue weighted by molar-refractivity contribution is -0.122. The maximum Gasteiger partial charge on any atom is 0.265 e. The molecule has 0 radical (unpaired) electrons. The lowest BCUT2D eigenvalue weighted by atomic mass is 10.2. The number of fused-ring (bicyclic) bond motifs is 1. The van der Waals surface area contributed by atoms with E-state index in [1.807, 2.05) is 6.07 Å². The Balaban J connectivity index is 1.68. The number of carbonyl (C=O) groups excluding carboxylic acids is 1. The first kappa shape index (κ1) is 16.5. The van der Waals surface area contributed by atoms with Gasteiger partial charge in [0.25, 0.3) is 5.91 Å². The summed E-state index contributed by atoms with van der Waals surface area (Å²) in [4.78, 5) is 12.3. The summed E-state index contributed by atoms with van der Waals surface area (Å²) >= 11 is 0. The third-order valence-electron chi connectivity index (χ3n) is 3.61. The fourth-order valence-corrected chi connectivity index (χ4v) is 2.30. The SMILES string of the molecule is COc1cc(C#N)ccc1O[C@@H](C)C(=O)Nc1ccc2c(c1)OCO2. The van der Waals surface area contributed by atoms with Crippen molar-refractivity contribution in [2.75, 3.05) is 19.2 Å². The van der Waals surface area contributed by atoms with Crippen LogP contribution < -0.4 is 24.3 Å². The van der Waals surface area contributed by atoms with Crippen molar-refractivity contribution in [1.82, 2.24) is 0 Å². The highest BCUT2D eigenvalue weighted by Crippen LogP contribution is 2.34. The number of nitrogens with one attached hydrogen (secondary N) is 1. The molecule has 1 amide bonds. The molecule has 1 aliphatic rings. The van der Waals surface area contributed by atoms with Gasteiger partial charge in [-0.15, -0.1) is 0 Å². The first-order valence-corrected chi connectivity index (χ1v) is 7.56. The zero-order chi connectivity index (χ0) is 17.8. The minimum Gasteiger partial charge on any atom is -0.493 e.